The number of carbonyl (C=O) groups is 1. The van der Waals surface area contributed by atoms with E-state index in [0.29, 0.717) is 18.6 Å². The van der Waals surface area contributed by atoms with Crippen molar-refractivity contribution < 1.29 is 9.53 Å². The van der Waals surface area contributed by atoms with E-state index in [1.165, 1.54) is 12.8 Å². The van der Waals surface area contributed by atoms with Gasteiger partial charge in [-0.25, -0.2) is 0 Å². The minimum Gasteiger partial charge on any atom is -0.385 e. The number of nitrogens with one attached hydrogen (secondary N) is 2. The van der Waals surface area contributed by atoms with Crippen molar-refractivity contribution in [1.29, 1.82) is 0 Å². The molecule has 2 rings (SSSR count). The predicted molar refractivity (Wildman–Crippen MR) is 76.0 cm³/mol. The van der Waals surface area contributed by atoms with E-state index in [0.717, 1.165) is 38.8 Å². The normalized spacial score (nSPS) is 30.2. The number of carbonyl (C=O) groups excluding carboxylic acids is 1. The molecule has 1 saturated carbocycles. The third-order valence-corrected chi connectivity index (χ3v) is 4.97. The molecule has 1 amide bonds. The van der Waals surface area contributed by atoms with Crippen molar-refractivity contribution in [3.63, 3.8) is 0 Å². The molecule has 4 nitrogen and oxygen atoms in total. The first-order valence-electron chi connectivity index (χ1n) is 7.68. The summed E-state index contributed by atoms with van der Waals surface area (Å²) in [5.41, 5.74) is -0.160. The zero-order valence-electron chi connectivity index (χ0n) is 12.3. The van der Waals surface area contributed by atoms with Crippen molar-refractivity contribution in [2.24, 2.45) is 11.3 Å². The fourth-order valence-electron chi connectivity index (χ4n) is 3.44. The van der Waals surface area contributed by atoms with Crippen LogP contribution in [-0.2, 0) is 9.53 Å². The number of amides is 1. The summed E-state index contributed by atoms with van der Waals surface area (Å²) in [6.45, 7) is 4.91. The van der Waals surface area contributed by atoms with Crippen LogP contribution >= 0.6 is 0 Å². The van der Waals surface area contributed by atoms with Gasteiger partial charge in [-0.05, 0) is 38.1 Å². The first-order chi connectivity index (χ1) is 9.18. The number of hydrogen-bond acceptors (Lipinski definition) is 3. The van der Waals surface area contributed by atoms with Gasteiger partial charge in [-0.15, -0.1) is 0 Å². The molecule has 1 heterocycles. The topological polar surface area (TPSA) is 50.4 Å². The Labute approximate surface area is 116 Å². The van der Waals surface area contributed by atoms with Crippen LogP contribution in [-0.4, -0.2) is 38.8 Å². The van der Waals surface area contributed by atoms with Crippen LogP contribution < -0.4 is 10.6 Å². The molecule has 4 heteroatoms. The van der Waals surface area contributed by atoms with E-state index >= 15 is 0 Å². The molecule has 0 radical (unpaired) electrons. The Balaban J connectivity index is 1.95. The van der Waals surface area contributed by atoms with Crippen LogP contribution in [0.1, 0.15) is 45.4 Å². The van der Waals surface area contributed by atoms with E-state index in [2.05, 4.69) is 17.6 Å². The van der Waals surface area contributed by atoms with Gasteiger partial charge in [0.25, 0.3) is 0 Å². The second-order valence-corrected chi connectivity index (χ2v) is 6.28. The molecular formula is C15H28N2O2. The second kappa shape index (κ2) is 6.71. The van der Waals surface area contributed by atoms with Crippen molar-refractivity contribution in [2.75, 3.05) is 26.8 Å². The van der Waals surface area contributed by atoms with E-state index < -0.39 is 0 Å². The zero-order valence-corrected chi connectivity index (χ0v) is 12.3. The SMILES string of the molecule is COCCC1(C(=O)NC2CNCCC2C)CCCC1. The third-order valence-electron chi connectivity index (χ3n) is 4.97. The molecule has 1 saturated heterocycles. The number of methoxy groups -OCH3 is 1. The molecule has 1 aliphatic heterocycles. The fraction of sp³-hybridized carbons (Fsp3) is 0.933. The van der Waals surface area contributed by atoms with Gasteiger partial charge in [-0.3, -0.25) is 4.79 Å². The summed E-state index contributed by atoms with van der Waals surface area (Å²) < 4.78 is 5.20. The van der Waals surface area contributed by atoms with Gasteiger partial charge >= 0.3 is 0 Å². The second-order valence-electron chi connectivity index (χ2n) is 6.28. The first kappa shape index (κ1) is 14.8. The molecule has 0 aromatic heterocycles. The maximum absolute atomic E-state index is 12.7. The Morgan fingerprint density at radius 1 is 1.42 bits per heavy atom. The van der Waals surface area contributed by atoms with Crippen molar-refractivity contribution >= 4 is 5.91 Å². The van der Waals surface area contributed by atoms with Crippen LogP contribution in [0.3, 0.4) is 0 Å². The molecular weight excluding hydrogens is 240 g/mol. The van der Waals surface area contributed by atoms with Gasteiger partial charge in [0, 0.05) is 26.3 Å². The highest BCUT2D eigenvalue weighted by molar-refractivity contribution is 5.83. The summed E-state index contributed by atoms with van der Waals surface area (Å²) in [7, 11) is 1.72. The smallest absolute Gasteiger partial charge is 0.226 e. The lowest BCUT2D eigenvalue weighted by atomic mass is 9.81. The predicted octanol–water partition coefficient (Wildman–Crippen LogP) is 1.70. The number of piperidine rings is 1. The Morgan fingerprint density at radius 2 is 2.16 bits per heavy atom. The Hall–Kier alpha value is -0.610. The number of rotatable bonds is 5. The Bertz CT molecular complexity index is 301. The van der Waals surface area contributed by atoms with Gasteiger partial charge in [0.1, 0.15) is 0 Å². The summed E-state index contributed by atoms with van der Waals surface area (Å²) in [5.74, 6) is 0.841. The van der Waals surface area contributed by atoms with Gasteiger partial charge in [0.2, 0.25) is 5.91 Å². The molecule has 2 unspecified atom stereocenters. The third kappa shape index (κ3) is 3.48. The summed E-state index contributed by atoms with van der Waals surface area (Å²) >= 11 is 0. The van der Waals surface area contributed by atoms with Crippen LogP contribution in [0.15, 0.2) is 0 Å². The highest BCUT2D eigenvalue weighted by Crippen LogP contribution is 2.41. The van der Waals surface area contributed by atoms with Crippen LogP contribution in [0, 0.1) is 11.3 Å². The average Bonchev–Trinajstić information content (AvgIpc) is 2.89. The first-order valence-corrected chi connectivity index (χ1v) is 7.68. The molecule has 2 N–H and O–H groups in total. The molecule has 2 atom stereocenters. The fourth-order valence-corrected chi connectivity index (χ4v) is 3.44. The van der Waals surface area contributed by atoms with Gasteiger partial charge in [-0.1, -0.05) is 19.8 Å². The highest BCUT2D eigenvalue weighted by Gasteiger charge is 2.41. The van der Waals surface area contributed by atoms with Crippen LogP contribution in [0.5, 0.6) is 0 Å². The molecule has 1 aliphatic carbocycles. The van der Waals surface area contributed by atoms with Gasteiger partial charge in [0.05, 0.1) is 5.41 Å². The van der Waals surface area contributed by atoms with Gasteiger partial charge in [-0.2, -0.15) is 0 Å². The van der Waals surface area contributed by atoms with Crippen LogP contribution in [0.25, 0.3) is 0 Å². The molecule has 2 fully saturated rings. The van der Waals surface area contributed by atoms with Crippen LogP contribution in [0.2, 0.25) is 0 Å². The van der Waals surface area contributed by atoms with E-state index in [1.807, 2.05) is 0 Å². The maximum Gasteiger partial charge on any atom is 0.226 e. The van der Waals surface area contributed by atoms with Crippen LogP contribution in [0.4, 0.5) is 0 Å². The van der Waals surface area contributed by atoms with Crippen molar-refractivity contribution in [2.45, 2.75) is 51.5 Å². The minimum atomic E-state index is -0.160. The van der Waals surface area contributed by atoms with Crippen molar-refractivity contribution in [3.8, 4) is 0 Å². The summed E-state index contributed by atoms with van der Waals surface area (Å²) in [6, 6.07) is 0.293. The largest absolute Gasteiger partial charge is 0.385 e. The van der Waals surface area contributed by atoms with Gasteiger partial charge in [0.15, 0.2) is 0 Å². The van der Waals surface area contributed by atoms with Crippen molar-refractivity contribution in [1.82, 2.24) is 10.6 Å². The zero-order chi connectivity index (χ0) is 13.7. The maximum atomic E-state index is 12.7. The molecule has 19 heavy (non-hydrogen) atoms. The number of ether oxygens (including phenoxy) is 1. The van der Waals surface area contributed by atoms with E-state index in [-0.39, 0.29) is 11.3 Å². The minimum absolute atomic E-state index is 0.160. The lowest BCUT2D eigenvalue weighted by Crippen LogP contribution is -2.53. The molecule has 2 aliphatic rings. The van der Waals surface area contributed by atoms with Crippen molar-refractivity contribution in [3.05, 3.63) is 0 Å². The molecule has 0 aromatic rings. The lowest BCUT2D eigenvalue weighted by Gasteiger charge is -2.35. The standard InChI is InChI=1S/C15H28N2O2/c1-12-5-9-16-11-13(12)17-14(18)15(8-10-19-2)6-3-4-7-15/h12-13,16H,3-11H2,1-2H3,(H,17,18). The molecule has 0 aromatic carbocycles. The number of hydrogen-bond donors (Lipinski definition) is 2. The highest BCUT2D eigenvalue weighted by atomic mass is 16.5. The van der Waals surface area contributed by atoms with E-state index in [4.69, 9.17) is 4.74 Å². The summed E-state index contributed by atoms with van der Waals surface area (Å²) in [6.07, 6.45) is 6.42. The van der Waals surface area contributed by atoms with E-state index in [9.17, 15) is 4.79 Å². The molecule has 0 bridgehead atoms. The Morgan fingerprint density at radius 3 is 2.79 bits per heavy atom. The average molecular weight is 268 g/mol. The molecule has 0 spiro atoms. The molecule has 110 valence electrons. The van der Waals surface area contributed by atoms with Gasteiger partial charge < -0.3 is 15.4 Å². The summed E-state index contributed by atoms with van der Waals surface area (Å²) in [4.78, 5) is 12.7. The summed E-state index contributed by atoms with van der Waals surface area (Å²) in [5, 5.41) is 6.68. The Kier molecular flexibility index (Phi) is 5.22. The van der Waals surface area contributed by atoms with E-state index in [1.54, 1.807) is 7.11 Å². The monoisotopic (exact) mass is 268 g/mol. The lowest BCUT2D eigenvalue weighted by molar-refractivity contribution is -0.133. The quantitative estimate of drug-likeness (QED) is 0.798.